The number of hydrogen-bond acceptors (Lipinski definition) is 6. The van der Waals surface area contributed by atoms with Gasteiger partial charge in [-0.15, -0.1) is 0 Å². The highest BCUT2D eigenvalue weighted by Gasteiger charge is 2.34. The van der Waals surface area contributed by atoms with E-state index in [-0.39, 0.29) is 0 Å². The van der Waals surface area contributed by atoms with Crippen LogP contribution in [0.3, 0.4) is 0 Å². The maximum Gasteiger partial charge on any atom is 0.156 e. The van der Waals surface area contributed by atoms with E-state index in [2.05, 4.69) is 20.2 Å². The molecule has 6 heteroatoms. The number of rotatable bonds is 5. The van der Waals surface area contributed by atoms with Crippen LogP contribution in [0.4, 0.5) is 5.82 Å². The Kier molecular flexibility index (Phi) is 4.67. The second-order valence-electron chi connectivity index (χ2n) is 5.86. The molecule has 0 bridgehead atoms. The molecule has 1 saturated carbocycles. The Labute approximate surface area is 125 Å². The topological polar surface area (TPSA) is 59.5 Å². The van der Waals surface area contributed by atoms with Gasteiger partial charge in [-0.05, 0) is 19.8 Å². The molecule has 1 aromatic heterocycles. The van der Waals surface area contributed by atoms with E-state index in [9.17, 15) is 0 Å². The third-order valence-corrected chi connectivity index (χ3v) is 4.20. The van der Waals surface area contributed by atoms with Gasteiger partial charge in [0, 0.05) is 44.0 Å². The maximum absolute atomic E-state index is 5.40. The van der Waals surface area contributed by atoms with Crippen LogP contribution in [0.2, 0.25) is 0 Å². The number of nitrogens with one attached hydrogen (secondary N) is 1. The van der Waals surface area contributed by atoms with Gasteiger partial charge >= 0.3 is 0 Å². The summed E-state index contributed by atoms with van der Waals surface area (Å²) in [6.07, 6.45) is 2.37. The summed E-state index contributed by atoms with van der Waals surface area (Å²) in [7, 11) is 1.66. The Bertz CT molecular complexity index is 471. The number of anilines is 1. The largest absolute Gasteiger partial charge is 0.379 e. The molecule has 6 nitrogen and oxygen atoms in total. The summed E-state index contributed by atoms with van der Waals surface area (Å²) in [6.45, 7) is 6.34. The average Bonchev–Trinajstić information content (AvgIpc) is 2.43. The second kappa shape index (κ2) is 6.68. The normalized spacial score (nSPS) is 26.4. The summed E-state index contributed by atoms with van der Waals surface area (Å²) >= 11 is 0. The van der Waals surface area contributed by atoms with Gasteiger partial charge in [-0.3, -0.25) is 4.90 Å². The lowest BCUT2D eigenvalue weighted by atomic mass is 9.85. The van der Waals surface area contributed by atoms with Crippen molar-refractivity contribution in [1.82, 2.24) is 14.9 Å². The highest BCUT2D eigenvalue weighted by Crippen LogP contribution is 2.28. The Morgan fingerprint density at radius 2 is 2.10 bits per heavy atom. The number of morpholine rings is 1. The van der Waals surface area contributed by atoms with E-state index >= 15 is 0 Å². The zero-order valence-corrected chi connectivity index (χ0v) is 12.8. The summed E-state index contributed by atoms with van der Waals surface area (Å²) in [5.41, 5.74) is 0.976. The van der Waals surface area contributed by atoms with Crippen molar-refractivity contribution in [2.75, 3.05) is 38.7 Å². The van der Waals surface area contributed by atoms with Crippen molar-refractivity contribution in [2.45, 2.75) is 38.5 Å². The molecule has 2 aliphatic rings. The van der Waals surface area contributed by atoms with E-state index in [4.69, 9.17) is 9.47 Å². The van der Waals surface area contributed by atoms with E-state index in [1.54, 1.807) is 7.11 Å². The van der Waals surface area contributed by atoms with Gasteiger partial charge in [0.2, 0.25) is 0 Å². The molecular weight excluding hydrogens is 268 g/mol. The highest BCUT2D eigenvalue weighted by molar-refractivity contribution is 5.37. The molecule has 2 fully saturated rings. The van der Waals surface area contributed by atoms with Gasteiger partial charge in [0.15, 0.2) is 5.82 Å². The second-order valence-corrected chi connectivity index (χ2v) is 5.86. The lowest BCUT2D eigenvalue weighted by molar-refractivity contribution is -0.00439. The minimum Gasteiger partial charge on any atom is -0.379 e. The predicted octanol–water partition coefficient (Wildman–Crippen LogP) is 1.21. The fraction of sp³-hybridized carbons (Fsp3) is 0.733. The summed E-state index contributed by atoms with van der Waals surface area (Å²) in [5, 5.41) is 3.52. The third-order valence-electron chi connectivity index (χ3n) is 4.20. The van der Waals surface area contributed by atoms with Crippen molar-refractivity contribution in [1.29, 1.82) is 0 Å². The number of methoxy groups -OCH3 is 1. The van der Waals surface area contributed by atoms with E-state index in [0.29, 0.717) is 18.7 Å². The number of aromatic nitrogens is 2. The minimum absolute atomic E-state index is 0.456. The van der Waals surface area contributed by atoms with Crippen molar-refractivity contribution < 1.29 is 9.47 Å². The van der Waals surface area contributed by atoms with Crippen LogP contribution in [0.1, 0.15) is 24.4 Å². The van der Waals surface area contributed by atoms with E-state index < -0.39 is 0 Å². The van der Waals surface area contributed by atoms with Crippen LogP contribution >= 0.6 is 0 Å². The van der Waals surface area contributed by atoms with Gasteiger partial charge in [-0.2, -0.15) is 0 Å². The van der Waals surface area contributed by atoms with Crippen LogP contribution in [-0.2, 0) is 16.1 Å². The Morgan fingerprint density at radius 3 is 2.81 bits per heavy atom. The first-order valence-electron chi connectivity index (χ1n) is 7.66. The molecule has 21 heavy (non-hydrogen) atoms. The molecule has 1 N–H and O–H groups in total. The zero-order chi connectivity index (χ0) is 14.7. The van der Waals surface area contributed by atoms with Gasteiger partial charge in [0.25, 0.3) is 0 Å². The molecule has 1 aliphatic carbocycles. The minimum atomic E-state index is 0.456. The van der Waals surface area contributed by atoms with Crippen LogP contribution < -0.4 is 5.32 Å². The van der Waals surface area contributed by atoms with Crippen LogP contribution in [-0.4, -0.2) is 60.4 Å². The molecule has 0 spiro atoms. The Hall–Kier alpha value is -1.24. The van der Waals surface area contributed by atoms with E-state index in [1.165, 1.54) is 12.8 Å². The maximum atomic E-state index is 5.40. The SMILES string of the molecule is COCc1nc(C)cc(NC2CC(N3CCOCC3)C2)n1. The highest BCUT2D eigenvalue weighted by atomic mass is 16.5. The molecule has 116 valence electrons. The molecule has 2 heterocycles. The number of hydrogen-bond donors (Lipinski definition) is 1. The van der Waals surface area contributed by atoms with Gasteiger partial charge < -0.3 is 14.8 Å². The summed E-state index contributed by atoms with van der Waals surface area (Å²) in [5.74, 6) is 1.66. The summed E-state index contributed by atoms with van der Waals surface area (Å²) in [4.78, 5) is 11.4. The fourth-order valence-electron chi connectivity index (χ4n) is 3.05. The van der Waals surface area contributed by atoms with Crippen molar-refractivity contribution in [3.63, 3.8) is 0 Å². The average molecular weight is 292 g/mol. The Morgan fingerprint density at radius 1 is 1.33 bits per heavy atom. The molecular formula is C15H24N4O2. The van der Waals surface area contributed by atoms with Gasteiger partial charge in [0.1, 0.15) is 12.4 Å². The van der Waals surface area contributed by atoms with Crippen LogP contribution in [0.5, 0.6) is 0 Å². The first-order valence-corrected chi connectivity index (χ1v) is 7.66. The number of nitrogens with zero attached hydrogens (tertiary/aromatic N) is 3. The molecule has 1 aromatic rings. The lowest BCUT2D eigenvalue weighted by Crippen LogP contribution is -2.53. The lowest BCUT2D eigenvalue weighted by Gasteiger charge is -2.44. The van der Waals surface area contributed by atoms with Crippen LogP contribution in [0.25, 0.3) is 0 Å². The third kappa shape index (κ3) is 3.70. The molecule has 0 radical (unpaired) electrons. The predicted molar refractivity (Wildman–Crippen MR) is 80.3 cm³/mol. The molecule has 0 aromatic carbocycles. The summed E-state index contributed by atoms with van der Waals surface area (Å²) < 4.78 is 10.5. The van der Waals surface area contributed by atoms with E-state index in [0.717, 1.165) is 43.6 Å². The van der Waals surface area contributed by atoms with Crippen molar-refractivity contribution >= 4 is 5.82 Å². The Balaban J connectivity index is 1.51. The molecule has 0 atom stereocenters. The number of ether oxygens (including phenoxy) is 2. The molecule has 1 aliphatic heterocycles. The number of aryl methyl sites for hydroxylation is 1. The van der Waals surface area contributed by atoms with Crippen molar-refractivity contribution in [3.8, 4) is 0 Å². The van der Waals surface area contributed by atoms with Gasteiger partial charge in [-0.25, -0.2) is 9.97 Å². The van der Waals surface area contributed by atoms with Crippen molar-refractivity contribution in [2.24, 2.45) is 0 Å². The first kappa shape index (κ1) is 14.7. The van der Waals surface area contributed by atoms with Gasteiger partial charge in [0.05, 0.1) is 13.2 Å². The molecule has 1 saturated heterocycles. The van der Waals surface area contributed by atoms with E-state index in [1.807, 2.05) is 13.0 Å². The smallest absolute Gasteiger partial charge is 0.156 e. The monoisotopic (exact) mass is 292 g/mol. The zero-order valence-electron chi connectivity index (χ0n) is 12.8. The van der Waals surface area contributed by atoms with Crippen LogP contribution in [0.15, 0.2) is 6.07 Å². The molecule has 0 unspecified atom stereocenters. The quantitative estimate of drug-likeness (QED) is 0.880. The summed E-state index contributed by atoms with van der Waals surface area (Å²) in [6, 6.07) is 3.22. The van der Waals surface area contributed by atoms with Crippen molar-refractivity contribution in [3.05, 3.63) is 17.6 Å². The molecule has 3 rings (SSSR count). The standard InChI is InChI=1S/C15H24N4O2/c1-11-7-14(18-15(16-11)10-20-2)17-12-8-13(9-12)19-3-5-21-6-4-19/h7,12-13H,3-6,8-10H2,1-2H3,(H,16,17,18). The molecule has 0 amide bonds. The van der Waals surface area contributed by atoms with Crippen LogP contribution in [0, 0.1) is 6.92 Å². The first-order chi connectivity index (χ1) is 10.2. The fourth-order valence-corrected chi connectivity index (χ4v) is 3.05. The van der Waals surface area contributed by atoms with Gasteiger partial charge in [-0.1, -0.05) is 0 Å².